The Morgan fingerprint density at radius 2 is 0.868 bits per heavy atom. The quantitative estimate of drug-likeness (QED) is 0.236. The van der Waals surface area contributed by atoms with Gasteiger partial charge < -0.3 is 14.7 Å². The Morgan fingerprint density at radius 3 is 1.31 bits per heavy atom. The van der Waals surface area contributed by atoms with Gasteiger partial charge in [0.05, 0.1) is 0 Å². The van der Waals surface area contributed by atoms with Gasteiger partial charge in [-0.25, -0.2) is 0 Å². The molecule has 10 saturated heterocycles. The van der Waals surface area contributed by atoms with E-state index < -0.39 is 0 Å². The molecule has 9 heteroatoms. The van der Waals surface area contributed by atoms with Crippen molar-refractivity contribution in [3.63, 3.8) is 0 Å². The summed E-state index contributed by atoms with van der Waals surface area (Å²) < 4.78 is 0. The minimum absolute atomic E-state index is 0. The van der Waals surface area contributed by atoms with E-state index in [0.29, 0.717) is 38.5 Å². The molecular weight excluding hydrogens is 835 g/mol. The summed E-state index contributed by atoms with van der Waals surface area (Å²) >= 11 is 0. The van der Waals surface area contributed by atoms with Crippen LogP contribution in [0.3, 0.4) is 0 Å². The van der Waals surface area contributed by atoms with Crippen molar-refractivity contribution >= 4 is 0 Å². The number of likely N-dealkylation sites (tertiary alicyclic amines) is 5. The first kappa shape index (κ1) is 60.2. The Balaban J connectivity index is 0.000000185. The highest BCUT2D eigenvalue weighted by molar-refractivity contribution is 5.04. The fraction of sp³-hybridized carbons (Fsp3) is 1.00. The lowest BCUT2D eigenvalue weighted by molar-refractivity contribution is -0.0930. The second-order valence-corrected chi connectivity index (χ2v) is 29.9. The summed E-state index contributed by atoms with van der Waals surface area (Å²) in [5.74, 6) is 1.06. The van der Waals surface area contributed by atoms with E-state index in [-0.39, 0.29) is 14.9 Å². The smallest absolute Gasteiger partial charge is 0.0244 e. The zero-order valence-corrected chi connectivity index (χ0v) is 47.8. The number of hydrogen-bond acceptors (Lipinski definition) is 9. The molecule has 402 valence electrons. The van der Waals surface area contributed by atoms with Gasteiger partial charge in [-0.05, 0) is 219 Å². The molecule has 0 spiro atoms. The maximum atomic E-state index is 2.75. The van der Waals surface area contributed by atoms with Gasteiger partial charge in [0.25, 0.3) is 0 Å². The Labute approximate surface area is 426 Å². The fourth-order valence-corrected chi connectivity index (χ4v) is 15.2. The van der Waals surface area contributed by atoms with E-state index in [4.69, 9.17) is 0 Å². The molecule has 0 radical (unpaired) electrons. The Kier molecular flexibility index (Phi) is 20.0. The molecule has 8 unspecified atom stereocenters. The van der Waals surface area contributed by atoms with E-state index in [0.717, 1.165) is 42.2 Å². The zero-order valence-electron chi connectivity index (χ0n) is 47.8. The minimum atomic E-state index is 0. The van der Waals surface area contributed by atoms with Crippen LogP contribution in [0.4, 0.5) is 0 Å². The first-order chi connectivity index (χ1) is 30.2. The Hall–Kier alpha value is -0.360. The van der Waals surface area contributed by atoms with Crippen LogP contribution in [0, 0.1) is 16.7 Å². The summed E-state index contributed by atoms with van der Waals surface area (Å²) in [6.07, 6.45) is 14.4. The van der Waals surface area contributed by atoms with Crippen molar-refractivity contribution < 1.29 is 0 Å². The van der Waals surface area contributed by atoms with Crippen LogP contribution in [-0.4, -0.2) is 214 Å². The maximum absolute atomic E-state index is 2.75. The molecule has 11 rings (SSSR count). The van der Waals surface area contributed by atoms with Gasteiger partial charge in [0.15, 0.2) is 0 Å². The second-order valence-electron chi connectivity index (χ2n) is 29.9. The van der Waals surface area contributed by atoms with Crippen molar-refractivity contribution in [1.29, 1.82) is 0 Å². The van der Waals surface area contributed by atoms with E-state index in [1.165, 1.54) is 149 Å². The normalized spacial score (nSPS) is 37.2. The maximum Gasteiger partial charge on any atom is 0.0244 e. The number of fused-ring (bicyclic) bond motifs is 12. The summed E-state index contributed by atoms with van der Waals surface area (Å²) in [5, 5.41) is 0. The van der Waals surface area contributed by atoms with E-state index >= 15 is 0 Å². The number of likely N-dealkylation sites (N-methyl/N-ethyl adjacent to an activating group) is 2. The van der Waals surface area contributed by atoms with E-state index in [2.05, 4.69) is 183 Å². The van der Waals surface area contributed by atoms with Gasteiger partial charge in [-0.1, -0.05) is 28.7 Å². The number of rotatable bonds is 0. The Morgan fingerprint density at radius 1 is 0.382 bits per heavy atom. The van der Waals surface area contributed by atoms with E-state index in [9.17, 15) is 0 Å². The molecule has 11 aliphatic rings. The number of hydrogen-bond donors (Lipinski definition) is 0. The molecule has 68 heavy (non-hydrogen) atoms. The van der Waals surface area contributed by atoms with Crippen molar-refractivity contribution in [1.82, 2.24) is 44.1 Å². The first-order valence-electron chi connectivity index (χ1n) is 27.9. The largest absolute Gasteiger partial charge is 0.305 e. The molecule has 11 fully saturated rings. The monoisotopic (exact) mass is 956 g/mol. The molecule has 0 amide bonds. The summed E-state index contributed by atoms with van der Waals surface area (Å²) in [4.78, 5) is 23.7. The third-order valence-corrected chi connectivity index (χ3v) is 18.5. The molecule has 0 aromatic carbocycles. The van der Waals surface area contributed by atoms with Gasteiger partial charge >= 0.3 is 0 Å². The van der Waals surface area contributed by atoms with Crippen molar-refractivity contribution in [3.8, 4) is 0 Å². The lowest BCUT2D eigenvalue weighted by Crippen LogP contribution is -2.64. The molecule has 10 aliphatic heterocycles. The lowest BCUT2D eigenvalue weighted by atomic mass is 9.65. The van der Waals surface area contributed by atoms with Gasteiger partial charge in [-0.15, -0.1) is 0 Å². The summed E-state index contributed by atoms with van der Waals surface area (Å²) in [6, 6.07) is 5.09. The van der Waals surface area contributed by atoms with Crippen molar-refractivity contribution in [2.45, 2.75) is 261 Å². The van der Waals surface area contributed by atoms with Crippen LogP contribution in [0.1, 0.15) is 197 Å². The summed E-state index contributed by atoms with van der Waals surface area (Å²) in [5.41, 5.74) is 2.81. The predicted octanol–water partition coefficient (Wildman–Crippen LogP) is 10.7. The van der Waals surface area contributed by atoms with Crippen LogP contribution in [0.25, 0.3) is 0 Å². The second kappa shape index (κ2) is 22.6. The molecule has 0 aromatic rings. The third-order valence-electron chi connectivity index (χ3n) is 18.5. The molecule has 0 N–H and O–H groups in total. The molecule has 1 saturated carbocycles. The first-order valence-corrected chi connectivity index (χ1v) is 27.9. The van der Waals surface area contributed by atoms with E-state index in [1.807, 2.05) is 0 Å². The van der Waals surface area contributed by atoms with Gasteiger partial charge in [-0.2, -0.15) is 0 Å². The van der Waals surface area contributed by atoms with Crippen LogP contribution in [0.5, 0.6) is 0 Å². The number of piperidine rings is 2. The third kappa shape index (κ3) is 15.4. The molecule has 1 aliphatic carbocycles. The van der Waals surface area contributed by atoms with Crippen molar-refractivity contribution in [2.24, 2.45) is 16.7 Å². The standard InChI is InChI=1S/C14H28N2.C12H23N.C11H22N2.2C10H20N2.2CH4/c1-12(2,3)16-10-13(4)7-14(5,11-16)9-15(6)8-13;1-12(2,3)13-9-8-10-4-6-11(13)7-5-10;1-11(2,3)13-7-9-5-6-10(8-13)12(9)4;1-10(2,3)12-7-8-5-9(12)6-11(8)4;1-10(2,3)12-7-6-11-5-4-9(12)8-11;;/h7-11H2,1-6H3;10-11H,4-9H2,1-3H3;9-10H,5-8H2,1-4H3;8-9H,5-7H2,1-4H3;9H,4-8H2,1-3H3;2*1H4. The fourth-order valence-electron chi connectivity index (χ4n) is 15.2. The molecular formula is C59H121N9. The molecule has 8 atom stereocenters. The van der Waals surface area contributed by atoms with Crippen LogP contribution < -0.4 is 0 Å². The van der Waals surface area contributed by atoms with Crippen LogP contribution in [0.2, 0.25) is 0 Å². The van der Waals surface area contributed by atoms with Gasteiger partial charge in [0.1, 0.15) is 0 Å². The predicted molar refractivity (Wildman–Crippen MR) is 298 cm³/mol. The molecule has 0 aromatic heterocycles. The van der Waals surface area contributed by atoms with Crippen LogP contribution in [-0.2, 0) is 0 Å². The molecule has 9 nitrogen and oxygen atoms in total. The highest BCUT2D eigenvalue weighted by Gasteiger charge is 2.50. The molecule has 10 heterocycles. The van der Waals surface area contributed by atoms with E-state index in [1.54, 1.807) is 0 Å². The van der Waals surface area contributed by atoms with Gasteiger partial charge in [0.2, 0.25) is 0 Å². The Bertz CT molecular complexity index is 1490. The zero-order chi connectivity index (χ0) is 49.0. The van der Waals surface area contributed by atoms with Gasteiger partial charge in [-0.3, -0.25) is 29.4 Å². The van der Waals surface area contributed by atoms with Crippen LogP contribution >= 0.6 is 0 Å². The molecule has 10 bridgehead atoms. The summed E-state index contributed by atoms with van der Waals surface area (Å²) in [7, 11) is 6.83. The van der Waals surface area contributed by atoms with Crippen molar-refractivity contribution in [2.75, 3.05) is 106 Å². The average molecular weight is 957 g/mol. The number of piperazine rings is 3. The highest BCUT2D eigenvalue weighted by Crippen LogP contribution is 2.47. The number of nitrogens with zero attached hydrogens (tertiary/aromatic N) is 9. The average Bonchev–Trinajstić information content (AvgIpc) is 3.80. The minimum Gasteiger partial charge on any atom is -0.305 e. The summed E-state index contributed by atoms with van der Waals surface area (Å²) in [6.45, 7) is 56.8. The van der Waals surface area contributed by atoms with Gasteiger partial charge in [0, 0.05) is 136 Å². The van der Waals surface area contributed by atoms with Crippen molar-refractivity contribution in [3.05, 3.63) is 0 Å². The topological polar surface area (TPSA) is 29.2 Å². The SMILES string of the molecule is C.C.CC(C)(C)N1CCC2CCC1CC2.CC(C)(C)N1CCN2CCC1C2.CN1C2CCC1CN(C(C)(C)C)C2.CN1CC2(C)CN(C(C)(C)C)CC(C)(C1)C2.CN1CC2CC1CN2C(C)(C)C. The van der Waals surface area contributed by atoms with Crippen LogP contribution in [0.15, 0.2) is 0 Å². The highest BCUT2D eigenvalue weighted by atomic mass is 15.4. The lowest BCUT2D eigenvalue weighted by Gasteiger charge is -2.59.